The molecule has 0 aliphatic heterocycles. The Balaban J connectivity index is 1.42. The van der Waals surface area contributed by atoms with E-state index >= 15 is 0 Å². The van der Waals surface area contributed by atoms with Crippen molar-refractivity contribution in [3.8, 4) is 0 Å². The van der Waals surface area contributed by atoms with Crippen LogP contribution in [0.5, 0.6) is 0 Å². The molecule has 0 heterocycles. The molecule has 5 unspecified atom stereocenters. The Hall–Kier alpha value is -0.0400. The van der Waals surface area contributed by atoms with Crippen LogP contribution in [0.2, 0.25) is 0 Å². The third kappa shape index (κ3) is 1.72. The van der Waals surface area contributed by atoms with Crippen LogP contribution in [0.3, 0.4) is 0 Å². The molecule has 16 heavy (non-hydrogen) atoms. The molecule has 1 N–H and O–H groups in total. The van der Waals surface area contributed by atoms with E-state index in [1.807, 2.05) is 0 Å². The Morgan fingerprint density at radius 2 is 1.75 bits per heavy atom. The number of aliphatic hydroxyl groups is 1. The Morgan fingerprint density at radius 1 is 1.06 bits per heavy atom. The van der Waals surface area contributed by atoms with Crippen molar-refractivity contribution in [1.82, 2.24) is 0 Å². The van der Waals surface area contributed by atoms with Crippen LogP contribution in [-0.2, 0) is 0 Å². The molecular weight excluding hydrogens is 196 g/mol. The lowest BCUT2D eigenvalue weighted by atomic mass is 9.96. The molecule has 3 aliphatic carbocycles. The SMILES string of the molecule is CCCCCCC(O)C1C2C3CCC(C3)C12. The van der Waals surface area contributed by atoms with Crippen LogP contribution in [-0.4, -0.2) is 11.2 Å². The van der Waals surface area contributed by atoms with Crippen LogP contribution >= 0.6 is 0 Å². The Labute approximate surface area is 99.6 Å². The van der Waals surface area contributed by atoms with Gasteiger partial charge in [0.25, 0.3) is 0 Å². The number of fused-ring (bicyclic) bond motifs is 5. The van der Waals surface area contributed by atoms with Crippen molar-refractivity contribution >= 4 is 0 Å². The van der Waals surface area contributed by atoms with Gasteiger partial charge in [-0.25, -0.2) is 0 Å². The minimum atomic E-state index is 0.0512. The number of unbranched alkanes of at least 4 members (excludes halogenated alkanes) is 3. The van der Waals surface area contributed by atoms with Gasteiger partial charge in [0.05, 0.1) is 6.10 Å². The van der Waals surface area contributed by atoms with E-state index < -0.39 is 0 Å². The molecule has 0 aromatic heterocycles. The summed E-state index contributed by atoms with van der Waals surface area (Å²) in [5.41, 5.74) is 0. The Morgan fingerprint density at radius 3 is 2.38 bits per heavy atom. The normalized spacial score (nSPS) is 45.8. The summed E-state index contributed by atoms with van der Waals surface area (Å²) in [7, 11) is 0. The van der Waals surface area contributed by atoms with Crippen LogP contribution < -0.4 is 0 Å². The molecule has 3 saturated carbocycles. The molecule has 3 fully saturated rings. The van der Waals surface area contributed by atoms with Gasteiger partial charge in [0.2, 0.25) is 0 Å². The van der Waals surface area contributed by atoms with Gasteiger partial charge < -0.3 is 5.11 Å². The van der Waals surface area contributed by atoms with Crippen molar-refractivity contribution < 1.29 is 5.11 Å². The van der Waals surface area contributed by atoms with Crippen LogP contribution in [0, 0.1) is 29.6 Å². The highest BCUT2D eigenvalue weighted by Crippen LogP contribution is 2.70. The van der Waals surface area contributed by atoms with E-state index in [9.17, 15) is 5.11 Å². The summed E-state index contributed by atoms with van der Waals surface area (Å²) < 4.78 is 0. The van der Waals surface area contributed by atoms with Crippen molar-refractivity contribution in [2.24, 2.45) is 29.6 Å². The smallest absolute Gasteiger partial charge is 0.0574 e. The number of hydrogen-bond acceptors (Lipinski definition) is 1. The molecule has 92 valence electrons. The van der Waals surface area contributed by atoms with Crippen LogP contribution in [0.1, 0.15) is 58.3 Å². The third-order valence-corrected chi connectivity index (χ3v) is 5.59. The minimum Gasteiger partial charge on any atom is -0.393 e. The van der Waals surface area contributed by atoms with E-state index in [4.69, 9.17) is 0 Å². The van der Waals surface area contributed by atoms with Crippen molar-refractivity contribution in [2.75, 3.05) is 0 Å². The van der Waals surface area contributed by atoms with Gasteiger partial charge in [-0.15, -0.1) is 0 Å². The molecule has 1 heteroatoms. The van der Waals surface area contributed by atoms with Crippen molar-refractivity contribution in [3.05, 3.63) is 0 Å². The molecule has 3 rings (SSSR count). The molecule has 0 saturated heterocycles. The second kappa shape index (κ2) is 4.33. The van der Waals surface area contributed by atoms with Gasteiger partial charge in [0.15, 0.2) is 0 Å². The number of hydrogen-bond donors (Lipinski definition) is 1. The highest BCUT2D eigenvalue weighted by Gasteiger charge is 2.66. The average Bonchev–Trinajstić information content (AvgIpc) is 2.74. The minimum absolute atomic E-state index is 0.0512. The highest BCUT2D eigenvalue weighted by atomic mass is 16.3. The lowest BCUT2D eigenvalue weighted by Crippen LogP contribution is -2.15. The lowest BCUT2D eigenvalue weighted by molar-refractivity contribution is 0.116. The Bertz CT molecular complexity index is 234. The van der Waals surface area contributed by atoms with Crippen molar-refractivity contribution in [1.29, 1.82) is 0 Å². The maximum absolute atomic E-state index is 10.3. The summed E-state index contributed by atoms with van der Waals surface area (Å²) in [4.78, 5) is 0. The molecule has 0 aromatic rings. The second-order valence-corrected chi connectivity index (χ2v) is 6.48. The van der Waals surface area contributed by atoms with Gasteiger partial charge >= 0.3 is 0 Å². The summed E-state index contributed by atoms with van der Waals surface area (Å²) >= 11 is 0. The molecular formula is C15H26O. The fourth-order valence-corrected chi connectivity index (χ4v) is 4.88. The first-order valence-corrected chi connectivity index (χ1v) is 7.51. The number of rotatable bonds is 6. The number of aliphatic hydroxyl groups excluding tert-OH is 1. The molecule has 0 spiro atoms. The standard InChI is InChI=1S/C15H26O/c1-2-3-4-5-6-12(16)15-13-10-7-8-11(9-10)14(13)15/h10-16H,2-9H2,1H3. The van der Waals surface area contributed by atoms with Gasteiger partial charge in [-0.1, -0.05) is 32.6 Å². The van der Waals surface area contributed by atoms with Crippen LogP contribution in [0.4, 0.5) is 0 Å². The van der Waals surface area contributed by atoms with E-state index in [2.05, 4.69) is 6.92 Å². The highest BCUT2D eigenvalue weighted by molar-refractivity contribution is 5.14. The monoisotopic (exact) mass is 222 g/mol. The fraction of sp³-hybridized carbons (Fsp3) is 1.00. The zero-order chi connectivity index (χ0) is 11.1. The van der Waals surface area contributed by atoms with Gasteiger partial charge in [0.1, 0.15) is 0 Å². The third-order valence-electron chi connectivity index (χ3n) is 5.59. The molecule has 0 aromatic carbocycles. The fourth-order valence-electron chi connectivity index (χ4n) is 4.88. The lowest BCUT2D eigenvalue weighted by Gasteiger charge is -2.14. The van der Waals surface area contributed by atoms with E-state index in [1.165, 1.54) is 44.9 Å². The van der Waals surface area contributed by atoms with Crippen LogP contribution in [0.15, 0.2) is 0 Å². The van der Waals surface area contributed by atoms with Gasteiger partial charge in [-0.2, -0.15) is 0 Å². The zero-order valence-corrected chi connectivity index (χ0v) is 10.6. The molecule has 1 nitrogen and oxygen atoms in total. The molecule has 3 aliphatic rings. The maximum atomic E-state index is 10.3. The molecule has 5 atom stereocenters. The Kier molecular flexibility index (Phi) is 2.99. The topological polar surface area (TPSA) is 20.2 Å². The first-order valence-electron chi connectivity index (χ1n) is 7.51. The second-order valence-electron chi connectivity index (χ2n) is 6.48. The summed E-state index contributed by atoms with van der Waals surface area (Å²) in [6.45, 7) is 2.25. The molecule has 0 amide bonds. The largest absolute Gasteiger partial charge is 0.393 e. The van der Waals surface area contributed by atoms with E-state index in [0.29, 0.717) is 0 Å². The predicted octanol–water partition coefficient (Wildman–Crippen LogP) is 3.61. The van der Waals surface area contributed by atoms with Gasteiger partial charge in [-0.05, 0) is 55.3 Å². The van der Waals surface area contributed by atoms with E-state index in [0.717, 1.165) is 36.0 Å². The van der Waals surface area contributed by atoms with Crippen molar-refractivity contribution in [2.45, 2.75) is 64.4 Å². The summed E-state index contributed by atoms with van der Waals surface area (Å²) in [5.74, 6) is 4.68. The van der Waals surface area contributed by atoms with Crippen LogP contribution in [0.25, 0.3) is 0 Å². The quantitative estimate of drug-likeness (QED) is 0.681. The maximum Gasteiger partial charge on any atom is 0.0574 e. The summed E-state index contributed by atoms with van der Waals surface area (Å²) in [6.07, 6.45) is 10.8. The zero-order valence-electron chi connectivity index (χ0n) is 10.6. The first kappa shape index (κ1) is 11.1. The van der Waals surface area contributed by atoms with E-state index in [1.54, 1.807) is 0 Å². The average molecular weight is 222 g/mol. The molecule has 0 radical (unpaired) electrons. The summed E-state index contributed by atoms with van der Waals surface area (Å²) in [5, 5.41) is 10.3. The molecule has 2 bridgehead atoms. The van der Waals surface area contributed by atoms with Crippen molar-refractivity contribution in [3.63, 3.8) is 0 Å². The van der Waals surface area contributed by atoms with Gasteiger partial charge in [0, 0.05) is 0 Å². The predicted molar refractivity (Wildman–Crippen MR) is 66.1 cm³/mol. The summed E-state index contributed by atoms with van der Waals surface area (Å²) in [6, 6.07) is 0. The first-order chi connectivity index (χ1) is 7.83. The van der Waals surface area contributed by atoms with E-state index in [-0.39, 0.29) is 6.10 Å². The van der Waals surface area contributed by atoms with Gasteiger partial charge in [-0.3, -0.25) is 0 Å².